The molecule has 1 aromatic carbocycles. The first-order valence-corrected chi connectivity index (χ1v) is 5.98. The molecule has 0 saturated carbocycles. The molecule has 3 nitrogen and oxygen atoms in total. The molecular weight excluding hydrogens is 233 g/mol. The summed E-state index contributed by atoms with van der Waals surface area (Å²) < 4.78 is 18.0. The summed E-state index contributed by atoms with van der Waals surface area (Å²) in [6.07, 6.45) is 1.60. The Morgan fingerprint density at radius 3 is 2.50 bits per heavy atom. The van der Waals surface area contributed by atoms with Gasteiger partial charge < -0.3 is 9.64 Å². The van der Waals surface area contributed by atoms with Crippen molar-refractivity contribution < 1.29 is 13.9 Å². The third-order valence-electron chi connectivity index (χ3n) is 2.98. The number of benzene rings is 1. The Hall–Kier alpha value is -1.68. The van der Waals surface area contributed by atoms with Crippen LogP contribution in [-0.2, 0) is 4.74 Å². The van der Waals surface area contributed by atoms with E-state index in [-0.39, 0.29) is 11.6 Å². The van der Waals surface area contributed by atoms with Crippen LogP contribution < -0.4 is 0 Å². The molecule has 1 fully saturated rings. The highest BCUT2D eigenvalue weighted by molar-refractivity contribution is 6.04. The second kappa shape index (κ2) is 5.78. The third kappa shape index (κ3) is 3.17. The smallest absolute Gasteiger partial charge is 0.187 e. The summed E-state index contributed by atoms with van der Waals surface area (Å²) in [6, 6.07) is 5.60. The van der Waals surface area contributed by atoms with Crippen LogP contribution in [0.4, 0.5) is 4.39 Å². The molecule has 0 atom stereocenters. The minimum Gasteiger partial charge on any atom is -0.378 e. The van der Waals surface area contributed by atoms with Gasteiger partial charge in [-0.1, -0.05) is 0 Å². The molecule has 1 aliphatic rings. The highest BCUT2D eigenvalue weighted by Gasteiger charge is 2.12. The van der Waals surface area contributed by atoms with Gasteiger partial charge in [0.2, 0.25) is 0 Å². The lowest BCUT2D eigenvalue weighted by Gasteiger charge is -2.29. The van der Waals surface area contributed by atoms with Crippen LogP contribution in [0, 0.1) is 5.82 Å². The number of ether oxygens (including phenoxy) is 1. The number of rotatable bonds is 3. The van der Waals surface area contributed by atoms with Gasteiger partial charge in [-0.2, -0.15) is 0 Å². The summed E-state index contributed by atoms with van der Waals surface area (Å²) in [5, 5.41) is 0. The van der Waals surface area contributed by atoms with Gasteiger partial charge in [-0.25, -0.2) is 4.39 Å². The fraction of sp³-hybridized carbons (Fsp3) is 0.357. The minimum absolute atomic E-state index is 0.0982. The molecule has 0 N–H and O–H groups in total. The van der Waals surface area contributed by atoms with Crippen molar-refractivity contribution in [1.82, 2.24) is 4.90 Å². The molecule has 0 amide bonds. The van der Waals surface area contributed by atoms with Crippen LogP contribution >= 0.6 is 0 Å². The number of allylic oxidation sites excluding steroid dienone is 2. The van der Waals surface area contributed by atoms with Crippen LogP contribution in [0.15, 0.2) is 36.0 Å². The van der Waals surface area contributed by atoms with Gasteiger partial charge in [0, 0.05) is 30.4 Å². The van der Waals surface area contributed by atoms with Gasteiger partial charge in [0.25, 0.3) is 0 Å². The summed E-state index contributed by atoms with van der Waals surface area (Å²) in [7, 11) is 0. The number of carbonyl (C=O) groups is 1. The highest BCUT2D eigenvalue weighted by atomic mass is 19.1. The Labute approximate surface area is 106 Å². The number of ketones is 1. The van der Waals surface area contributed by atoms with E-state index in [1.165, 1.54) is 24.3 Å². The quantitative estimate of drug-likeness (QED) is 0.608. The number of halogens is 1. The molecule has 0 aliphatic carbocycles. The SMILES string of the molecule is C/C(=C/C(=O)c1ccc(F)cc1)N1CCOCC1. The zero-order valence-electron chi connectivity index (χ0n) is 10.4. The van der Waals surface area contributed by atoms with Gasteiger partial charge >= 0.3 is 0 Å². The number of carbonyl (C=O) groups excluding carboxylic acids is 1. The monoisotopic (exact) mass is 249 g/mol. The second-order valence-corrected chi connectivity index (χ2v) is 4.26. The van der Waals surface area contributed by atoms with Crippen molar-refractivity contribution in [2.24, 2.45) is 0 Å². The lowest BCUT2D eigenvalue weighted by Crippen LogP contribution is -2.35. The lowest BCUT2D eigenvalue weighted by atomic mass is 10.1. The summed E-state index contributed by atoms with van der Waals surface area (Å²) in [4.78, 5) is 14.1. The third-order valence-corrected chi connectivity index (χ3v) is 2.98. The topological polar surface area (TPSA) is 29.5 Å². The van der Waals surface area contributed by atoms with Crippen LogP contribution in [0.5, 0.6) is 0 Å². The molecule has 1 saturated heterocycles. The van der Waals surface area contributed by atoms with E-state index >= 15 is 0 Å². The van der Waals surface area contributed by atoms with Crippen molar-refractivity contribution in [3.05, 3.63) is 47.4 Å². The minimum atomic E-state index is -0.333. The normalized spacial score (nSPS) is 16.8. The molecule has 96 valence electrons. The number of nitrogens with zero attached hydrogens (tertiary/aromatic N) is 1. The van der Waals surface area contributed by atoms with Crippen molar-refractivity contribution in [2.75, 3.05) is 26.3 Å². The molecule has 4 heteroatoms. The lowest BCUT2D eigenvalue weighted by molar-refractivity contribution is 0.0534. The van der Waals surface area contributed by atoms with E-state index in [0.717, 1.165) is 18.8 Å². The Kier molecular flexibility index (Phi) is 4.10. The number of hydrogen-bond donors (Lipinski definition) is 0. The van der Waals surface area contributed by atoms with Crippen molar-refractivity contribution in [1.29, 1.82) is 0 Å². The molecule has 0 spiro atoms. The van der Waals surface area contributed by atoms with Gasteiger partial charge in [-0.3, -0.25) is 4.79 Å². The zero-order chi connectivity index (χ0) is 13.0. The second-order valence-electron chi connectivity index (χ2n) is 4.26. The van der Waals surface area contributed by atoms with Crippen LogP contribution in [0.1, 0.15) is 17.3 Å². The van der Waals surface area contributed by atoms with E-state index in [4.69, 9.17) is 4.74 Å². The van der Waals surface area contributed by atoms with Crippen LogP contribution in [0.2, 0.25) is 0 Å². The standard InChI is InChI=1S/C14H16FNO2/c1-11(16-6-8-18-9-7-16)10-14(17)12-2-4-13(15)5-3-12/h2-5,10H,6-9H2,1H3/b11-10-. The first-order chi connectivity index (χ1) is 8.66. The Bertz CT molecular complexity index is 447. The van der Waals surface area contributed by atoms with Crippen LogP contribution in [0.3, 0.4) is 0 Å². The van der Waals surface area contributed by atoms with Gasteiger partial charge in [0.05, 0.1) is 13.2 Å². The van der Waals surface area contributed by atoms with Crippen molar-refractivity contribution in [3.63, 3.8) is 0 Å². The highest BCUT2D eigenvalue weighted by Crippen LogP contribution is 2.10. The molecule has 0 radical (unpaired) electrons. The summed E-state index contributed by atoms with van der Waals surface area (Å²) >= 11 is 0. The van der Waals surface area contributed by atoms with E-state index in [9.17, 15) is 9.18 Å². The summed E-state index contributed by atoms with van der Waals surface area (Å²) in [5.41, 5.74) is 1.43. The van der Waals surface area contributed by atoms with Crippen LogP contribution in [-0.4, -0.2) is 37.0 Å². The Morgan fingerprint density at radius 1 is 1.28 bits per heavy atom. The fourth-order valence-corrected chi connectivity index (χ4v) is 1.89. The maximum Gasteiger partial charge on any atom is 0.187 e. The van der Waals surface area contributed by atoms with E-state index < -0.39 is 0 Å². The molecular formula is C14H16FNO2. The zero-order valence-corrected chi connectivity index (χ0v) is 10.4. The van der Waals surface area contributed by atoms with Crippen LogP contribution in [0.25, 0.3) is 0 Å². The molecule has 18 heavy (non-hydrogen) atoms. The number of morpholine rings is 1. The van der Waals surface area contributed by atoms with E-state index in [1.807, 2.05) is 6.92 Å². The van der Waals surface area contributed by atoms with E-state index in [0.29, 0.717) is 18.8 Å². The summed E-state index contributed by atoms with van der Waals surface area (Å²) in [6.45, 7) is 4.90. The predicted octanol–water partition coefficient (Wildman–Crippen LogP) is 2.24. The van der Waals surface area contributed by atoms with Gasteiger partial charge in [0.1, 0.15) is 5.82 Å². The molecule has 2 rings (SSSR count). The predicted molar refractivity (Wildman–Crippen MR) is 66.9 cm³/mol. The number of hydrogen-bond acceptors (Lipinski definition) is 3. The Morgan fingerprint density at radius 2 is 1.89 bits per heavy atom. The van der Waals surface area contributed by atoms with E-state index in [1.54, 1.807) is 6.08 Å². The average molecular weight is 249 g/mol. The molecule has 1 aromatic rings. The molecule has 0 aromatic heterocycles. The van der Waals surface area contributed by atoms with Gasteiger partial charge in [-0.15, -0.1) is 0 Å². The summed E-state index contributed by atoms with van der Waals surface area (Å²) in [5.74, 6) is -0.431. The maximum absolute atomic E-state index is 12.8. The maximum atomic E-state index is 12.8. The van der Waals surface area contributed by atoms with Crippen molar-refractivity contribution in [3.8, 4) is 0 Å². The largest absolute Gasteiger partial charge is 0.378 e. The van der Waals surface area contributed by atoms with Gasteiger partial charge in [0.15, 0.2) is 5.78 Å². The van der Waals surface area contributed by atoms with Crippen molar-refractivity contribution in [2.45, 2.75) is 6.92 Å². The van der Waals surface area contributed by atoms with Gasteiger partial charge in [-0.05, 0) is 31.2 Å². The molecule has 1 aliphatic heterocycles. The molecule has 1 heterocycles. The van der Waals surface area contributed by atoms with Crippen molar-refractivity contribution >= 4 is 5.78 Å². The first kappa shape index (κ1) is 12.8. The molecule has 0 unspecified atom stereocenters. The fourth-order valence-electron chi connectivity index (χ4n) is 1.89. The average Bonchev–Trinajstić information content (AvgIpc) is 2.40. The first-order valence-electron chi connectivity index (χ1n) is 5.98. The Balaban J connectivity index is 2.06. The molecule has 0 bridgehead atoms. The van der Waals surface area contributed by atoms with E-state index in [2.05, 4.69) is 4.90 Å².